The van der Waals surface area contributed by atoms with Crippen LogP contribution in [0.1, 0.15) is 28.8 Å². The quantitative estimate of drug-likeness (QED) is 0.743. The number of nitrogens with one attached hydrogen (secondary N) is 2. The lowest BCUT2D eigenvalue weighted by Crippen LogP contribution is -2.24. The Hall–Kier alpha value is -3.21. The zero-order valence-corrected chi connectivity index (χ0v) is 14.2. The van der Waals surface area contributed by atoms with Gasteiger partial charge in [-0.1, -0.05) is 30.3 Å². The predicted molar refractivity (Wildman–Crippen MR) is 101 cm³/mol. The van der Waals surface area contributed by atoms with E-state index in [1.807, 2.05) is 42.5 Å². The summed E-state index contributed by atoms with van der Waals surface area (Å²) < 4.78 is 0. The smallest absolute Gasteiger partial charge is 0.255 e. The van der Waals surface area contributed by atoms with Crippen molar-refractivity contribution in [3.63, 3.8) is 0 Å². The SMILES string of the molecule is O=C(Nc1cccc2cccnc12)c1ccc(CNC(=O)C2CC2)cc1. The highest BCUT2D eigenvalue weighted by Gasteiger charge is 2.29. The third-order valence-corrected chi connectivity index (χ3v) is 4.51. The predicted octanol–water partition coefficient (Wildman–Crippen LogP) is 3.51. The fourth-order valence-corrected chi connectivity index (χ4v) is 2.85. The zero-order chi connectivity index (χ0) is 17.9. The van der Waals surface area contributed by atoms with Crippen LogP contribution in [0.15, 0.2) is 60.8 Å². The molecular weight excluding hydrogens is 326 g/mol. The second-order valence-electron chi connectivity index (χ2n) is 6.52. The van der Waals surface area contributed by atoms with E-state index in [2.05, 4.69) is 15.6 Å². The van der Waals surface area contributed by atoms with Crippen molar-refractivity contribution in [3.05, 3.63) is 71.9 Å². The van der Waals surface area contributed by atoms with Crippen LogP contribution in [0, 0.1) is 5.92 Å². The Labute approximate surface area is 151 Å². The summed E-state index contributed by atoms with van der Waals surface area (Å²) in [6, 6.07) is 16.8. The second-order valence-corrected chi connectivity index (χ2v) is 6.52. The highest BCUT2D eigenvalue weighted by atomic mass is 16.2. The van der Waals surface area contributed by atoms with Gasteiger partial charge in [0, 0.05) is 29.6 Å². The summed E-state index contributed by atoms with van der Waals surface area (Å²) >= 11 is 0. The van der Waals surface area contributed by atoms with Crippen molar-refractivity contribution in [2.24, 2.45) is 5.92 Å². The second kappa shape index (κ2) is 6.96. The summed E-state index contributed by atoms with van der Waals surface area (Å²) in [5.74, 6) is 0.140. The number of pyridine rings is 1. The van der Waals surface area contributed by atoms with Crippen LogP contribution in [-0.4, -0.2) is 16.8 Å². The van der Waals surface area contributed by atoms with Gasteiger partial charge in [-0.3, -0.25) is 14.6 Å². The third-order valence-electron chi connectivity index (χ3n) is 4.51. The van der Waals surface area contributed by atoms with Crippen molar-refractivity contribution >= 4 is 28.4 Å². The van der Waals surface area contributed by atoms with Crippen LogP contribution in [0.4, 0.5) is 5.69 Å². The first-order valence-corrected chi connectivity index (χ1v) is 8.72. The van der Waals surface area contributed by atoms with Crippen molar-refractivity contribution in [2.75, 3.05) is 5.32 Å². The molecule has 130 valence electrons. The van der Waals surface area contributed by atoms with Crippen LogP contribution in [0.5, 0.6) is 0 Å². The number of nitrogens with zero attached hydrogens (tertiary/aromatic N) is 1. The summed E-state index contributed by atoms with van der Waals surface area (Å²) in [6.45, 7) is 0.491. The molecule has 0 bridgehead atoms. The maximum absolute atomic E-state index is 12.5. The summed E-state index contributed by atoms with van der Waals surface area (Å²) in [4.78, 5) is 28.6. The molecule has 1 fully saturated rings. The Kier molecular flexibility index (Phi) is 4.35. The number of benzene rings is 2. The Morgan fingerprint density at radius 3 is 2.54 bits per heavy atom. The van der Waals surface area contributed by atoms with E-state index in [0.717, 1.165) is 29.3 Å². The number of fused-ring (bicyclic) bond motifs is 1. The van der Waals surface area contributed by atoms with Crippen LogP contribution in [-0.2, 0) is 11.3 Å². The molecule has 5 heteroatoms. The van der Waals surface area contributed by atoms with E-state index in [-0.39, 0.29) is 17.7 Å². The third kappa shape index (κ3) is 3.57. The maximum Gasteiger partial charge on any atom is 0.255 e. The van der Waals surface area contributed by atoms with Gasteiger partial charge in [-0.2, -0.15) is 0 Å². The van der Waals surface area contributed by atoms with E-state index in [9.17, 15) is 9.59 Å². The lowest BCUT2D eigenvalue weighted by Gasteiger charge is -2.09. The molecule has 2 amide bonds. The number of hydrogen-bond acceptors (Lipinski definition) is 3. The van der Waals surface area contributed by atoms with E-state index < -0.39 is 0 Å². The molecule has 0 radical (unpaired) electrons. The molecule has 1 aliphatic rings. The van der Waals surface area contributed by atoms with Gasteiger partial charge in [0.25, 0.3) is 5.91 Å². The van der Waals surface area contributed by atoms with Gasteiger partial charge in [-0.05, 0) is 42.7 Å². The fourth-order valence-electron chi connectivity index (χ4n) is 2.85. The number of aromatic nitrogens is 1. The van der Waals surface area contributed by atoms with Gasteiger partial charge < -0.3 is 10.6 Å². The molecule has 4 rings (SSSR count). The van der Waals surface area contributed by atoms with Gasteiger partial charge in [0.1, 0.15) is 0 Å². The van der Waals surface area contributed by atoms with Crippen LogP contribution >= 0.6 is 0 Å². The Morgan fingerprint density at radius 2 is 1.77 bits per heavy atom. The van der Waals surface area contributed by atoms with Crippen LogP contribution < -0.4 is 10.6 Å². The fraction of sp³-hybridized carbons (Fsp3) is 0.190. The topological polar surface area (TPSA) is 71.1 Å². The van der Waals surface area contributed by atoms with Gasteiger partial charge in [-0.25, -0.2) is 0 Å². The molecule has 1 heterocycles. The molecule has 0 saturated heterocycles. The minimum atomic E-state index is -0.184. The molecule has 0 spiro atoms. The van der Waals surface area contributed by atoms with Crippen molar-refractivity contribution in [1.82, 2.24) is 10.3 Å². The van der Waals surface area contributed by atoms with Gasteiger partial charge in [0.2, 0.25) is 5.91 Å². The molecule has 0 atom stereocenters. The lowest BCUT2D eigenvalue weighted by atomic mass is 10.1. The Bertz CT molecular complexity index is 957. The first kappa shape index (κ1) is 16.3. The molecule has 0 aliphatic heterocycles. The first-order chi connectivity index (χ1) is 12.7. The van der Waals surface area contributed by atoms with Crippen LogP contribution in [0.3, 0.4) is 0 Å². The van der Waals surface area contributed by atoms with Crippen molar-refractivity contribution in [2.45, 2.75) is 19.4 Å². The molecule has 26 heavy (non-hydrogen) atoms. The first-order valence-electron chi connectivity index (χ1n) is 8.72. The van der Waals surface area contributed by atoms with Gasteiger partial charge in [0.15, 0.2) is 0 Å². The summed E-state index contributed by atoms with van der Waals surface area (Å²) in [5, 5.41) is 6.82. The van der Waals surface area contributed by atoms with Crippen molar-refractivity contribution in [1.29, 1.82) is 0 Å². The molecule has 3 aromatic rings. The van der Waals surface area contributed by atoms with E-state index in [1.165, 1.54) is 0 Å². The number of hydrogen-bond donors (Lipinski definition) is 2. The van der Waals surface area contributed by atoms with E-state index in [4.69, 9.17) is 0 Å². The molecule has 2 N–H and O–H groups in total. The van der Waals surface area contributed by atoms with E-state index in [1.54, 1.807) is 18.3 Å². The maximum atomic E-state index is 12.5. The van der Waals surface area contributed by atoms with Gasteiger partial charge >= 0.3 is 0 Å². The van der Waals surface area contributed by atoms with Crippen LogP contribution in [0.2, 0.25) is 0 Å². The average molecular weight is 345 g/mol. The normalized spacial score (nSPS) is 13.4. The zero-order valence-electron chi connectivity index (χ0n) is 14.2. The molecule has 1 saturated carbocycles. The Morgan fingerprint density at radius 1 is 1.00 bits per heavy atom. The van der Waals surface area contributed by atoms with E-state index >= 15 is 0 Å². The van der Waals surface area contributed by atoms with Crippen LogP contribution in [0.25, 0.3) is 10.9 Å². The van der Waals surface area contributed by atoms with Crippen molar-refractivity contribution < 1.29 is 9.59 Å². The monoisotopic (exact) mass is 345 g/mol. The average Bonchev–Trinajstić information content (AvgIpc) is 3.52. The van der Waals surface area contributed by atoms with Gasteiger partial charge in [0.05, 0.1) is 11.2 Å². The minimum Gasteiger partial charge on any atom is -0.352 e. The van der Waals surface area contributed by atoms with Crippen molar-refractivity contribution in [3.8, 4) is 0 Å². The van der Waals surface area contributed by atoms with Gasteiger partial charge in [-0.15, -0.1) is 0 Å². The van der Waals surface area contributed by atoms with E-state index in [0.29, 0.717) is 17.8 Å². The number of carbonyl (C=O) groups is 2. The standard InChI is InChI=1S/C21H19N3O2/c25-20(16-10-11-16)23-13-14-6-8-17(9-7-14)21(26)24-18-5-1-3-15-4-2-12-22-19(15)18/h1-9,12,16H,10-11,13H2,(H,23,25)(H,24,26). The minimum absolute atomic E-state index is 0.121. The number of para-hydroxylation sites is 1. The highest BCUT2D eigenvalue weighted by Crippen LogP contribution is 2.28. The molecule has 2 aromatic carbocycles. The highest BCUT2D eigenvalue weighted by molar-refractivity contribution is 6.08. The molecular formula is C21H19N3O2. The summed E-state index contributed by atoms with van der Waals surface area (Å²) in [6.07, 6.45) is 3.70. The summed E-state index contributed by atoms with van der Waals surface area (Å²) in [5.41, 5.74) is 2.99. The molecule has 0 unspecified atom stereocenters. The number of anilines is 1. The number of rotatable bonds is 5. The lowest BCUT2D eigenvalue weighted by molar-refractivity contribution is -0.122. The largest absolute Gasteiger partial charge is 0.352 e. The summed E-state index contributed by atoms with van der Waals surface area (Å²) in [7, 11) is 0. The number of amides is 2. The Balaban J connectivity index is 1.43. The number of carbonyl (C=O) groups excluding carboxylic acids is 2. The molecule has 1 aromatic heterocycles. The molecule has 1 aliphatic carbocycles. The molecule has 5 nitrogen and oxygen atoms in total.